The molecule has 0 bridgehead atoms. The van der Waals surface area contributed by atoms with Gasteiger partial charge in [0.1, 0.15) is 0 Å². The summed E-state index contributed by atoms with van der Waals surface area (Å²) in [5, 5.41) is 3.53. The number of fused-ring (bicyclic) bond motifs is 1. The van der Waals surface area contributed by atoms with Crippen LogP contribution in [0.4, 0.5) is 0 Å². The Hall–Kier alpha value is -0.160. The second-order valence-corrected chi connectivity index (χ2v) is 6.71. The van der Waals surface area contributed by atoms with Crippen molar-refractivity contribution in [3.8, 4) is 0 Å². The van der Waals surface area contributed by atoms with Crippen molar-refractivity contribution in [1.82, 2.24) is 5.32 Å². The topological polar surface area (TPSA) is 56.5 Å². The predicted molar refractivity (Wildman–Crippen MR) is 70.4 cm³/mol. The fourth-order valence-corrected chi connectivity index (χ4v) is 4.08. The van der Waals surface area contributed by atoms with Crippen molar-refractivity contribution in [2.24, 2.45) is 17.1 Å². The van der Waals surface area contributed by atoms with Crippen molar-refractivity contribution >= 4 is 0 Å². The summed E-state index contributed by atoms with van der Waals surface area (Å²) < 4.78 is 11.4. The lowest BCUT2D eigenvalue weighted by Crippen LogP contribution is -2.78. The molecule has 0 radical (unpaired) electrons. The molecule has 1 aliphatic carbocycles. The second-order valence-electron chi connectivity index (χ2n) is 6.71. The molecular weight excluding hydrogens is 228 g/mol. The van der Waals surface area contributed by atoms with E-state index >= 15 is 0 Å². The van der Waals surface area contributed by atoms with Gasteiger partial charge in [-0.3, -0.25) is 0 Å². The summed E-state index contributed by atoms with van der Waals surface area (Å²) in [7, 11) is 0. The molecule has 0 aromatic rings. The minimum atomic E-state index is -0.118. The Labute approximate surface area is 110 Å². The van der Waals surface area contributed by atoms with Crippen LogP contribution in [-0.4, -0.2) is 44.1 Å². The van der Waals surface area contributed by atoms with E-state index in [1.165, 1.54) is 12.8 Å². The van der Waals surface area contributed by atoms with Gasteiger partial charge in [-0.1, -0.05) is 13.8 Å². The third kappa shape index (κ3) is 1.73. The lowest BCUT2D eigenvalue weighted by molar-refractivity contribution is -0.153. The molecule has 2 aliphatic heterocycles. The van der Waals surface area contributed by atoms with Gasteiger partial charge in [0.05, 0.1) is 12.2 Å². The Morgan fingerprint density at radius 3 is 2.78 bits per heavy atom. The molecule has 3 rings (SSSR count). The molecule has 3 N–H and O–H groups in total. The Morgan fingerprint density at radius 2 is 2.06 bits per heavy atom. The molecule has 0 aromatic heterocycles. The van der Waals surface area contributed by atoms with Gasteiger partial charge >= 0.3 is 0 Å². The number of nitrogens with one attached hydrogen (secondary N) is 1. The van der Waals surface area contributed by atoms with Gasteiger partial charge < -0.3 is 20.5 Å². The zero-order chi connectivity index (χ0) is 12.8. The van der Waals surface area contributed by atoms with Crippen LogP contribution in [-0.2, 0) is 9.47 Å². The van der Waals surface area contributed by atoms with Crippen LogP contribution in [0.1, 0.15) is 33.1 Å². The lowest BCUT2D eigenvalue weighted by Gasteiger charge is -2.62. The first-order chi connectivity index (χ1) is 8.56. The Bertz CT molecular complexity index is 315. The normalized spacial score (nSPS) is 45.8. The maximum absolute atomic E-state index is 6.67. The van der Waals surface area contributed by atoms with E-state index in [0.717, 1.165) is 32.7 Å². The van der Waals surface area contributed by atoms with Crippen LogP contribution in [0.15, 0.2) is 0 Å². The monoisotopic (exact) mass is 254 g/mol. The van der Waals surface area contributed by atoms with E-state index < -0.39 is 0 Å². The number of hydrogen-bond acceptors (Lipinski definition) is 4. The highest BCUT2D eigenvalue weighted by molar-refractivity contribution is 5.21. The van der Waals surface area contributed by atoms with Crippen LogP contribution < -0.4 is 11.1 Å². The van der Waals surface area contributed by atoms with E-state index in [9.17, 15) is 0 Å². The summed E-state index contributed by atoms with van der Waals surface area (Å²) in [4.78, 5) is 0. The van der Waals surface area contributed by atoms with Crippen molar-refractivity contribution in [3.63, 3.8) is 0 Å². The highest BCUT2D eigenvalue weighted by Crippen LogP contribution is 2.57. The van der Waals surface area contributed by atoms with Crippen molar-refractivity contribution in [2.75, 3.05) is 26.3 Å². The molecule has 0 spiro atoms. The van der Waals surface area contributed by atoms with Gasteiger partial charge in [0.25, 0.3) is 0 Å². The maximum Gasteiger partial charge on any atom is 0.0700 e. The molecule has 18 heavy (non-hydrogen) atoms. The first-order valence-electron chi connectivity index (χ1n) is 7.28. The molecule has 0 aromatic carbocycles. The third-order valence-corrected chi connectivity index (χ3v) is 5.48. The minimum absolute atomic E-state index is 0.0811. The molecule has 4 atom stereocenters. The molecule has 2 heterocycles. The fourth-order valence-electron chi connectivity index (χ4n) is 4.08. The Balaban J connectivity index is 1.54. The molecule has 4 nitrogen and oxygen atoms in total. The molecule has 4 heteroatoms. The molecule has 4 unspecified atom stereocenters. The van der Waals surface area contributed by atoms with Gasteiger partial charge in [-0.15, -0.1) is 0 Å². The van der Waals surface area contributed by atoms with Crippen LogP contribution >= 0.6 is 0 Å². The van der Waals surface area contributed by atoms with Crippen LogP contribution in [0, 0.1) is 11.3 Å². The molecule has 0 amide bonds. The summed E-state index contributed by atoms with van der Waals surface area (Å²) in [6.45, 7) is 8.10. The van der Waals surface area contributed by atoms with Crippen LogP contribution in [0.2, 0.25) is 0 Å². The number of hydrogen-bond donors (Lipinski definition) is 2. The Morgan fingerprint density at radius 1 is 1.22 bits per heavy atom. The molecule has 3 aliphatic rings. The van der Waals surface area contributed by atoms with E-state index in [1.54, 1.807) is 0 Å². The van der Waals surface area contributed by atoms with Gasteiger partial charge in [0, 0.05) is 43.2 Å². The van der Waals surface area contributed by atoms with E-state index in [2.05, 4.69) is 19.2 Å². The molecule has 1 saturated carbocycles. The van der Waals surface area contributed by atoms with E-state index in [-0.39, 0.29) is 11.0 Å². The quantitative estimate of drug-likeness (QED) is 0.782. The summed E-state index contributed by atoms with van der Waals surface area (Å²) in [5.74, 6) is 0.532. The smallest absolute Gasteiger partial charge is 0.0700 e. The number of ether oxygens (including phenoxy) is 2. The first kappa shape index (κ1) is 12.9. The summed E-state index contributed by atoms with van der Waals surface area (Å²) >= 11 is 0. The number of nitrogens with two attached hydrogens (primary N) is 1. The average Bonchev–Trinajstić information content (AvgIpc) is 2.99. The van der Waals surface area contributed by atoms with Gasteiger partial charge in [-0.25, -0.2) is 0 Å². The minimum Gasteiger partial charge on any atom is -0.377 e. The SMILES string of the molecule is CC1(C)C2OCCC2C1(N)CNCC1CCCO1. The highest BCUT2D eigenvalue weighted by atomic mass is 16.5. The number of rotatable bonds is 4. The van der Waals surface area contributed by atoms with Crippen molar-refractivity contribution in [2.45, 2.75) is 50.9 Å². The average molecular weight is 254 g/mol. The molecule has 3 fully saturated rings. The van der Waals surface area contributed by atoms with E-state index in [1.807, 2.05) is 0 Å². The van der Waals surface area contributed by atoms with Crippen molar-refractivity contribution in [3.05, 3.63) is 0 Å². The van der Waals surface area contributed by atoms with Gasteiger partial charge in [0.2, 0.25) is 0 Å². The van der Waals surface area contributed by atoms with Gasteiger partial charge in [-0.05, 0) is 19.3 Å². The predicted octanol–water partition coefficient (Wildman–Crippen LogP) is 0.897. The van der Waals surface area contributed by atoms with Gasteiger partial charge in [0.15, 0.2) is 0 Å². The van der Waals surface area contributed by atoms with Crippen LogP contribution in [0.25, 0.3) is 0 Å². The third-order valence-electron chi connectivity index (χ3n) is 5.48. The molecular formula is C14H26N2O2. The van der Waals surface area contributed by atoms with Crippen LogP contribution in [0.5, 0.6) is 0 Å². The lowest BCUT2D eigenvalue weighted by atomic mass is 9.48. The van der Waals surface area contributed by atoms with E-state index in [0.29, 0.717) is 18.1 Å². The molecule has 2 saturated heterocycles. The summed E-state index contributed by atoms with van der Waals surface area (Å²) in [5.41, 5.74) is 6.63. The highest BCUT2D eigenvalue weighted by Gasteiger charge is 2.67. The van der Waals surface area contributed by atoms with E-state index in [4.69, 9.17) is 15.2 Å². The van der Waals surface area contributed by atoms with Crippen LogP contribution in [0.3, 0.4) is 0 Å². The first-order valence-corrected chi connectivity index (χ1v) is 7.28. The summed E-state index contributed by atoms with van der Waals surface area (Å²) in [6, 6.07) is 0. The maximum atomic E-state index is 6.67. The van der Waals surface area contributed by atoms with Crippen molar-refractivity contribution < 1.29 is 9.47 Å². The standard InChI is InChI=1S/C14H26N2O2/c1-13(2)12-11(5-7-18-12)14(13,15)9-16-8-10-4-3-6-17-10/h10-12,16H,3-9,15H2,1-2H3. The molecule has 104 valence electrons. The zero-order valence-corrected chi connectivity index (χ0v) is 11.6. The zero-order valence-electron chi connectivity index (χ0n) is 11.6. The van der Waals surface area contributed by atoms with Crippen molar-refractivity contribution in [1.29, 1.82) is 0 Å². The fraction of sp³-hybridized carbons (Fsp3) is 1.00. The second kappa shape index (κ2) is 4.44. The largest absolute Gasteiger partial charge is 0.377 e. The summed E-state index contributed by atoms with van der Waals surface area (Å²) in [6.07, 6.45) is 4.26. The van der Waals surface area contributed by atoms with Gasteiger partial charge in [-0.2, -0.15) is 0 Å². The Kier molecular flexibility index (Phi) is 3.17.